The van der Waals surface area contributed by atoms with Crippen molar-refractivity contribution in [3.8, 4) is 0 Å². The van der Waals surface area contributed by atoms with Crippen LogP contribution in [0.15, 0.2) is 30.3 Å². The number of halogens is 2. The largest absolute Gasteiger partial charge is 0.369 e. The highest BCUT2D eigenvalue weighted by Crippen LogP contribution is 2.46. The van der Waals surface area contributed by atoms with Gasteiger partial charge in [0.25, 0.3) is 0 Å². The molecule has 1 fully saturated rings. The molecule has 4 rings (SSSR count). The maximum absolute atomic E-state index is 14.1. The number of hydrogen-bond donors (Lipinski definition) is 1. The molecule has 1 saturated heterocycles. The van der Waals surface area contributed by atoms with Gasteiger partial charge in [-0.3, -0.25) is 4.79 Å². The number of likely N-dealkylation sites (tertiary alicyclic amines) is 1. The molecule has 1 aromatic heterocycles. The minimum atomic E-state index is -0.287. The molecule has 1 N–H and O–H groups in total. The second-order valence-electron chi connectivity index (χ2n) is 7.90. The van der Waals surface area contributed by atoms with Crippen LogP contribution in [-0.2, 0) is 28.0 Å². The standard InChI is InChI=1S/C22H26ClFN2O2S/c1-25-21(27)17(12-15-4-2-3-5-18(15)24)14-26-9-7-22(8-10-26)20-16(6-11-28-22)13-19(23)29-20/h2-5,13,17H,6-12,14H2,1H3,(H,25,27)/t17-/m1/s1. The third kappa shape index (κ3) is 4.36. The van der Waals surface area contributed by atoms with Crippen LogP contribution in [0.5, 0.6) is 0 Å². The molecule has 0 bridgehead atoms. The monoisotopic (exact) mass is 436 g/mol. The van der Waals surface area contributed by atoms with E-state index in [9.17, 15) is 9.18 Å². The van der Waals surface area contributed by atoms with Crippen molar-refractivity contribution in [3.05, 3.63) is 56.5 Å². The lowest BCUT2D eigenvalue weighted by Gasteiger charge is -2.44. The van der Waals surface area contributed by atoms with E-state index in [4.69, 9.17) is 16.3 Å². The van der Waals surface area contributed by atoms with Crippen LogP contribution < -0.4 is 5.32 Å². The first kappa shape index (κ1) is 20.8. The Bertz CT molecular complexity index is 879. The number of rotatable bonds is 5. The highest BCUT2D eigenvalue weighted by Gasteiger charge is 2.42. The number of nitrogens with one attached hydrogen (secondary N) is 1. The van der Waals surface area contributed by atoms with Gasteiger partial charge in [0.1, 0.15) is 11.4 Å². The summed E-state index contributed by atoms with van der Waals surface area (Å²) >= 11 is 7.91. The molecule has 2 aliphatic heterocycles. The number of fused-ring (bicyclic) bond motifs is 2. The van der Waals surface area contributed by atoms with Crippen LogP contribution in [0.25, 0.3) is 0 Å². The van der Waals surface area contributed by atoms with E-state index in [1.54, 1.807) is 30.5 Å². The molecule has 1 aromatic carbocycles. The molecule has 7 heteroatoms. The molecule has 1 atom stereocenters. The number of nitrogens with zero attached hydrogens (tertiary/aromatic N) is 1. The third-order valence-corrected chi connectivity index (χ3v) is 7.62. The molecule has 1 spiro atoms. The van der Waals surface area contributed by atoms with E-state index in [0.29, 0.717) is 18.5 Å². The van der Waals surface area contributed by atoms with Gasteiger partial charge < -0.3 is 15.0 Å². The Morgan fingerprint density at radius 3 is 2.86 bits per heavy atom. The summed E-state index contributed by atoms with van der Waals surface area (Å²) in [4.78, 5) is 16.0. The lowest BCUT2D eigenvalue weighted by Crippen LogP contribution is -2.48. The summed E-state index contributed by atoms with van der Waals surface area (Å²) in [7, 11) is 1.64. The van der Waals surface area contributed by atoms with E-state index in [1.807, 2.05) is 6.07 Å². The summed E-state index contributed by atoms with van der Waals surface area (Å²) in [6.07, 6.45) is 3.09. The van der Waals surface area contributed by atoms with Gasteiger partial charge in [-0.2, -0.15) is 0 Å². The minimum absolute atomic E-state index is 0.0465. The number of piperidine rings is 1. The highest BCUT2D eigenvalue weighted by atomic mass is 35.5. The molecule has 0 unspecified atom stereocenters. The number of carbonyl (C=O) groups is 1. The Morgan fingerprint density at radius 1 is 1.38 bits per heavy atom. The molecular weight excluding hydrogens is 411 g/mol. The molecule has 29 heavy (non-hydrogen) atoms. The van der Waals surface area contributed by atoms with Crippen LogP contribution in [-0.4, -0.2) is 44.1 Å². The van der Waals surface area contributed by atoms with Crippen LogP contribution in [0.2, 0.25) is 4.34 Å². The van der Waals surface area contributed by atoms with Crippen molar-refractivity contribution < 1.29 is 13.9 Å². The van der Waals surface area contributed by atoms with Gasteiger partial charge >= 0.3 is 0 Å². The molecular formula is C22H26ClFN2O2S. The van der Waals surface area contributed by atoms with E-state index in [-0.39, 0.29) is 23.2 Å². The van der Waals surface area contributed by atoms with Crippen molar-refractivity contribution in [3.63, 3.8) is 0 Å². The van der Waals surface area contributed by atoms with Crippen LogP contribution in [0.1, 0.15) is 28.8 Å². The first-order valence-corrected chi connectivity index (χ1v) is 11.3. The predicted octanol–water partition coefficient (Wildman–Crippen LogP) is 4.01. The first-order valence-electron chi connectivity index (χ1n) is 10.1. The minimum Gasteiger partial charge on any atom is -0.369 e. The second kappa shape index (κ2) is 8.72. The van der Waals surface area contributed by atoms with Gasteiger partial charge in [0.05, 0.1) is 16.9 Å². The summed E-state index contributed by atoms with van der Waals surface area (Å²) in [6, 6.07) is 8.77. The molecule has 3 heterocycles. The molecule has 2 aliphatic rings. The zero-order valence-electron chi connectivity index (χ0n) is 16.5. The Morgan fingerprint density at radius 2 is 2.14 bits per heavy atom. The average Bonchev–Trinajstić information content (AvgIpc) is 3.12. The van der Waals surface area contributed by atoms with Gasteiger partial charge in [0.15, 0.2) is 0 Å². The summed E-state index contributed by atoms with van der Waals surface area (Å²) < 4.78 is 21.2. The number of ether oxygens (including phenoxy) is 1. The van der Waals surface area contributed by atoms with Gasteiger partial charge in [-0.05, 0) is 48.9 Å². The van der Waals surface area contributed by atoms with E-state index in [0.717, 1.165) is 43.3 Å². The van der Waals surface area contributed by atoms with E-state index >= 15 is 0 Å². The quantitative estimate of drug-likeness (QED) is 0.770. The van der Waals surface area contributed by atoms with Gasteiger partial charge in [-0.1, -0.05) is 29.8 Å². The molecule has 4 nitrogen and oxygen atoms in total. The third-order valence-electron chi connectivity index (χ3n) is 6.13. The second-order valence-corrected chi connectivity index (χ2v) is 9.59. The summed E-state index contributed by atoms with van der Waals surface area (Å²) in [5, 5.41) is 2.74. The fourth-order valence-electron chi connectivity index (χ4n) is 4.54. The molecule has 1 amide bonds. The first-order chi connectivity index (χ1) is 14.0. The number of benzene rings is 1. The van der Waals surface area contributed by atoms with Crippen molar-refractivity contribution in [2.75, 3.05) is 33.3 Å². The summed E-state index contributed by atoms with van der Waals surface area (Å²) in [6.45, 7) is 3.04. The van der Waals surface area contributed by atoms with Gasteiger partial charge in [0.2, 0.25) is 5.91 Å². The topological polar surface area (TPSA) is 41.6 Å². The maximum Gasteiger partial charge on any atom is 0.224 e. The lowest BCUT2D eigenvalue weighted by molar-refractivity contribution is -0.126. The van der Waals surface area contributed by atoms with Crippen LogP contribution in [0.3, 0.4) is 0 Å². The van der Waals surface area contributed by atoms with Crippen molar-refractivity contribution in [1.29, 1.82) is 0 Å². The number of hydrogen-bond acceptors (Lipinski definition) is 4. The predicted molar refractivity (Wildman–Crippen MR) is 114 cm³/mol. The molecule has 0 radical (unpaired) electrons. The molecule has 156 valence electrons. The Kier molecular flexibility index (Phi) is 6.25. The number of amides is 1. The van der Waals surface area contributed by atoms with Crippen LogP contribution >= 0.6 is 22.9 Å². The zero-order valence-corrected chi connectivity index (χ0v) is 18.1. The SMILES string of the molecule is CNC(=O)[C@H](Cc1ccccc1F)CN1CCC2(CC1)OCCc1cc(Cl)sc12. The van der Waals surface area contributed by atoms with Gasteiger partial charge in [0, 0.05) is 31.6 Å². The van der Waals surface area contributed by atoms with Crippen molar-refractivity contribution in [2.45, 2.75) is 31.3 Å². The van der Waals surface area contributed by atoms with E-state index in [2.05, 4.69) is 16.3 Å². The fourth-order valence-corrected chi connectivity index (χ4v) is 6.04. The smallest absolute Gasteiger partial charge is 0.224 e. The maximum atomic E-state index is 14.1. The molecule has 0 aliphatic carbocycles. The highest BCUT2D eigenvalue weighted by molar-refractivity contribution is 7.16. The Labute approximate surface area is 180 Å². The average molecular weight is 437 g/mol. The molecule has 0 saturated carbocycles. The molecule has 2 aromatic rings. The van der Waals surface area contributed by atoms with Crippen molar-refractivity contribution in [1.82, 2.24) is 10.2 Å². The van der Waals surface area contributed by atoms with Crippen molar-refractivity contribution in [2.24, 2.45) is 5.92 Å². The van der Waals surface area contributed by atoms with E-state index < -0.39 is 0 Å². The number of carbonyl (C=O) groups excluding carboxylic acids is 1. The summed E-state index contributed by atoms with van der Waals surface area (Å²) in [5.74, 6) is -0.587. The van der Waals surface area contributed by atoms with Crippen LogP contribution in [0, 0.1) is 11.7 Å². The number of thiophene rings is 1. The normalized spacial score (nSPS) is 19.7. The lowest BCUT2D eigenvalue weighted by atomic mass is 9.85. The Balaban J connectivity index is 1.43. The van der Waals surface area contributed by atoms with Crippen molar-refractivity contribution >= 4 is 28.8 Å². The Hall–Kier alpha value is -1.47. The van der Waals surface area contributed by atoms with Gasteiger partial charge in [-0.15, -0.1) is 11.3 Å². The zero-order chi connectivity index (χ0) is 20.4. The van der Waals surface area contributed by atoms with Gasteiger partial charge in [-0.25, -0.2) is 4.39 Å². The van der Waals surface area contributed by atoms with E-state index in [1.165, 1.54) is 16.5 Å². The summed E-state index contributed by atoms with van der Waals surface area (Å²) in [5.41, 5.74) is 1.67. The van der Waals surface area contributed by atoms with Crippen LogP contribution in [0.4, 0.5) is 4.39 Å². The fraction of sp³-hybridized carbons (Fsp3) is 0.500.